The largest absolute Gasteiger partial charge is 0.451 e. The van der Waals surface area contributed by atoms with E-state index in [0.29, 0.717) is 13.1 Å². The van der Waals surface area contributed by atoms with Crippen LogP contribution in [0.15, 0.2) is 0 Å². The average Bonchev–Trinajstić information content (AvgIpc) is 2.03. The Morgan fingerprint density at radius 2 is 2.00 bits per heavy atom. The van der Waals surface area contributed by atoms with Crippen LogP contribution in [0.3, 0.4) is 0 Å². The fourth-order valence-corrected chi connectivity index (χ4v) is 1.04. The van der Waals surface area contributed by atoms with Gasteiger partial charge in [-0.15, -0.1) is 0 Å². The summed E-state index contributed by atoms with van der Waals surface area (Å²) in [5.41, 5.74) is 0. The van der Waals surface area contributed by atoms with Crippen molar-refractivity contribution < 1.29 is 18.0 Å². The van der Waals surface area contributed by atoms with E-state index in [2.05, 4.69) is 10.6 Å². The monoisotopic (exact) mass is 182 g/mol. The quantitative estimate of drug-likeness (QED) is 0.584. The molecule has 2 N–H and O–H groups in total. The van der Waals surface area contributed by atoms with Crippen molar-refractivity contribution in [2.75, 3.05) is 19.6 Å². The normalized spacial score (nSPS) is 25.4. The van der Waals surface area contributed by atoms with Gasteiger partial charge in [0.1, 0.15) is 0 Å². The fourth-order valence-electron chi connectivity index (χ4n) is 1.04. The molecule has 0 radical (unpaired) electrons. The van der Waals surface area contributed by atoms with E-state index in [9.17, 15) is 18.0 Å². The molecule has 0 aromatic heterocycles. The molecule has 1 atom stereocenters. The summed E-state index contributed by atoms with van der Waals surface area (Å²) in [5, 5.41) is 5.20. The number of rotatable bonds is 1. The predicted octanol–water partition coefficient (Wildman–Crippen LogP) is -0.321. The second-order valence-corrected chi connectivity index (χ2v) is 2.57. The Hall–Kier alpha value is -0.620. The molecule has 1 unspecified atom stereocenters. The van der Waals surface area contributed by atoms with Gasteiger partial charge in [0.2, 0.25) is 0 Å². The Morgan fingerprint density at radius 1 is 1.33 bits per heavy atom. The zero-order chi connectivity index (χ0) is 9.19. The molecule has 0 spiro atoms. The molecule has 0 saturated carbocycles. The van der Waals surface area contributed by atoms with Crippen molar-refractivity contribution in [3.63, 3.8) is 0 Å². The third kappa shape index (κ3) is 2.18. The van der Waals surface area contributed by atoms with Crippen LogP contribution >= 0.6 is 0 Å². The van der Waals surface area contributed by atoms with Crippen LogP contribution in [0.4, 0.5) is 13.2 Å². The number of Topliss-reactive ketones (excluding diaryl/α,β-unsaturated/α-hetero) is 1. The molecule has 0 bridgehead atoms. The number of hydrogen-bond donors (Lipinski definition) is 2. The molecule has 12 heavy (non-hydrogen) atoms. The van der Waals surface area contributed by atoms with E-state index in [-0.39, 0.29) is 6.54 Å². The van der Waals surface area contributed by atoms with E-state index in [1.165, 1.54) is 0 Å². The van der Waals surface area contributed by atoms with Gasteiger partial charge in [0.05, 0.1) is 6.04 Å². The van der Waals surface area contributed by atoms with Gasteiger partial charge < -0.3 is 10.6 Å². The number of alkyl halides is 3. The lowest BCUT2D eigenvalue weighted by Gasteiger charge is -2.23. The zero-order valence-corrected chi connectivity index (χ0v) is 6.24. The Labute approximate surface area is 67.3 Å². The van der Waals surface area contributed by atoms with Crippen LogP contribution in [0.2, 0.25) is 0 Å². The highest BCUT2D eigenvalue weighted by molar-refractivity contribution is 5.89. The molecule has 0 amide bonds. The maximum absolute atomic E-state index is 11.8. The molecule has 1 aliphatic rings. The van der Waals surface area contributed by atoms with Gasteiger partial charge in [-0.2, -0.15) is 13.2 Å². The van der Waals surface area contributed by atoms with Crippen LogP contribution in [0.5, 0.6) is 0 Å². The Kier molecular flexibility index (Phi) is 2.69. The van der Waals surface area contributed by atoms with Crippen LogP contribution in [0.25, 0.3) is 0 Å². The number of halogens is 3. The minimum Gasteiger partial charge on any atom is -0.313 e. The van der Waals surface area contributed by atoms with Gasteiger partial charge in [-0.25, -0.2) is 0 Å². The first-order valence-corrected chi connectivity index (χ1v) is 3.57. The molecule has 70 valence electrons. The Balaban J connectivity index is 2.51. The molecule has 0 aromatic rings. The highest BCUT2D eigenvalue weighted by Crippen LogP contribution is 2.17. The van der Waals surface area contributed by atoms with E-state index >= 15 is 0 Å². The summed E-state index contributed by atoms with van der Waals surface area (Å²) in [5.74, 6) is -1.70. The minimum absolute atomic E-state index is 0.0539. The van der Waals surface area contributed by atoms with Gasteiger partial charge in [-0.05, 0) is 0 Å². The first-order chi connectivity index (χ1) is 5.52. The van der Waals surface area contributed by atoms with Gasteiger partial charge in [-0.1, -0.05) is 0 Å². The number of piperazine rings is 1. The van der Waals surface area contributed by atoms with Gasteiger partial charge in [0.25, 0.3) is 5.78 Å². The molecule has 0 aromatic carbocycles. The van der Waals surface area contributed by atoms with E-state index in [0.717, 1.165) is 0 Å². The summed E-state index contributed by atoms with van der Waals surface area (Å²) in [6, 6.07) is -1.11. The van der Waals surface area contributed by atoms with Crippen molar-refractivity contribution in [3.05, 3.63) is 0 Å². The molecule has 1 heterocycles. The topological polar surface area (TPSA) is 41.1 Å². The predicted molar refractivity (Wildman–Crippen MR) is 35.7 cm³/mol. The molecular weight excluding hydrogens is 173 g/mol. The fraction of sp³-hybridized carbons (Fsp3) is 0.833. The highest BCUT2D eigenvalue weighted by Gasteiger charge is 2.43. The summed E-state index contributed by atoms with van der Waals surface area (Å²) in [6.07, 6.45) is -4.73. The highest BCUT2D eigenvalue weighted by atomic mass is 19.4. The van der Waals surface area contributed by atoms with Crippen molar-refractivity contribution in [3.8, 4) is 0 Å². The lowest BCUT2D eigenvalue weighted by molar-refractivity contribution is -0.173. The smallest absolute Gasteiger partial charge is 0.313 e. The van der Waals surface area contributed by atoms with Crippen molar-refractivity contribution in [1.82, 2.24) is 10.6 Å². The number of carbonyl (C=O) groups excluding carboxylic acids is 1. The first-order valence-electron chi connectivity index (χ1n) is 3.57. The van der Waals surface area contributed by atoms with Crippen molar-refractivity contribution >= 4 is 5.78 Å². The maximum Gasteiger partial charge on any atom is 0.451 e. The van der Waals surface area contributed by atoms with Crippen LogP contribution in [-0.4, -0.2) is 37.6 Å². The Bertz CT molecular complexity index is 174. The molecule has 1 fully saturated rings. The summed E-state index contributed by atoms with van der Waals surface area (Å²) in [4.78, 5) is 10.6. The molecular formula is C6H9F3N2O. The average molecular weight is 182 g/mol. The van der Waals surface area contributed by atoms with Gasteiger partial charge >= 0.3 is 6.18 Å². The van der Waals surface area contributed by atoms with E-state index < -0.39 is 18.0 Å². The molecule has 1 aliphatic heterocycles. The SMILES string of the molecule is O=C(C1CNCCN1)C(F)(F)F. The number of hydrogen-bond acceptors (Lipinski definition) is 3. The lowest BCUT2D eigenvalue weighted by Crippen LogP contribution is -2.55. The van der Waals surface area contributed by atoms with E-state index in [1.54, 1.807) is 0 Å². The number of nitrogens with one attached hydrogen (secondary N) is 2. The molecule has 3 nitrogen and oxygen atoms in total. The molecule has 1 rings (SSSR count). The van der Waals surface area contributed by atoms with Crippen LogP contribution in [0.1, 0.15) is 0 Å². The van der Waals surface area contributed by atoms with Crippen LogP contribution in [-0.2, 0) is 4.79 Å². The first kappa shape index (κ1) is 9.47. The second-order valence-electron chi connectivity index (χ2n) is 2.57. The minimum atomic E-state index is -4.73. The molecule has 0 aliphatic carbocycles. The molecule has 6 heteroatoms. The number of ketones is 1. The van der Waals surface area contributed by atoms with Crippen molar-refractivity contribution in [1.29, 1.82) is 0 Å². The second kappa shape index (κ2) is 3.40. The lowest BCUT2D eigenvalue weighted by atomic mass is 10.1. The summed E-state index contributed by atoms with van der Waals surface area (Å²) in [7, 11) is 0. The number of carbonyl (C=O) groups is 1. The van der Waals surface area contributed by atoms with Crippen molar-refractivity contribution in [2.45, 2.75) is 12.2 Å². The maximum atomic E-state index is 11.8. The van der Waals surface area contributed by atoms with Crippen LogP contribution < -0.4 is 10.6 Å². The van der Waals surface area contributed by atoms with E-state index in [4.69, 9.17) is 0 Å². The summed E-state index contributed by atoms with van der Waals surface area (Å²) >= 11 is 0. The standard InChI is InChI=1S/C6H9F3N2O/c7-6(8,9)5(12)4-3-10-1-2-11-4/h4,10-11H,1-3H2. The third-order valence-electron chi connectivity index (χ3n) is 1.64. The van der Waals surface area contributed by atoms with E-state index in [1.807, 2.05) is 0 Å². The summed E-state index contributed by atoms with van der Waals surface area (Å²) < 4.78 is 35.4. The van der Waals surface area contributed by atoms with Gasteiger partial charge in [0, 0.05) is 19.6 Å². The van der Waals surface area contributed by atoms with Gasteiger partial charge in [-0.3, -0.25) is 4.79 Å². The van der Waals surface area contributed by atoms with Gasteiger partial charge in [0.15, 0.2) is 0 Å². The van der Waals surface area contributed by atoms with Crippen LogP contribution in [0, 0.1) is 0 Å². The van der Waals surface area contributed by atoms with Crippen molar-refractivity contribution in [2.24, 2.45) is 0 Å². The Morgan fingerprint density at radius 3 is 2.42 bits per heavy atom. The summed E-state index contributed by atoms with van der Waals surface area (Å²) in [6.45, 7) is 1.05. The zero-order valence-electron chi connectivity index (χ0n) is 6.24. The molecule has 1 saturated heterocycles. The third-order valence-corrected chi connectivity index (χ3v) is 1.64.